The molecule has 2 heterocycles. The Bertz CT molecular complexity index is 315. The molecule has 6 heteroatoms. The number of nitrogens with one attached hydrogen (secondary N) is 2. The van der Waals surface area contributed by atoms with E-state index in [1.54, 1.807) is 0 Å². The summed E-state index contributed by atoms with van der Waals surface area (Å²) < 4.78 is 0. The molecule has 4 N–H and O–H groups in total. The van der Waals surface area contributed by atoms with E-state index in [1.165, 1.54) is 0 Å². The Labute approximate surface area is 107 Å². The summed E-state index contributed by atoms with van der Waals surface area (Å²) in [7, 11) is 0. The van der Waals surface area contributed by atoms with E-state index in [9.17, 15) is 9.59 Å². The number of nitrogens with zero attached hydrogens (tertiary/aromatic N) is 1. The largest absolute Gasteiger partial charge is 0.352 e. The molecule has 2 atom stereocenters. The lowest BCUT2D eigenvalue weighted by Gasteiger charge is -2.34. The highest BCUT2D eigenvalue weighted by molar-refractivity contribution is 5.82. The summed E-state index contributed by atoms with van der Waals surface area (Å²) in [4.78, 5) is 24.9. The normalized spacial score (nSPS) is 28.1. The third-order valence-electron chi connectivity index (χ3n) is 3.75. The molecule has 2 fully saturated rings. The van der Waals surface area contributed by atoms with Gasteiger partial charge in [0.1, 0.15) is 0 Å². The highest BCUT2D eigenvalue weighted by Crippen LogP contribution is 2.18. The van der Waals surface area contributed by atoms with Gasteiger partial charge < -0.3 is 21.3 Å². The van der Waals surface area contributed by atoms with Crippen LogP contribution >= 0.6 is 0 Å². The first-order valence-electron chi connectivity index (χ1n) is 6.72. The molecule has 6 nitrogen and oxygen atoms in total. The van der Waals surface area contributed by atoms with Gasteiger partial charge in [0.05, 0.1) is 6.04 Å². The van der Waals surface area contributed by atoms with Crippen LogP contribution in [0.2, 0.25) is 0 Å². The molecule has 0 aromatic carbocycles. The van der Waals surface area contributed by atoms with Crippen LogP contribution in [0.1, 0.15) is 25.7 Å². The van der Waals surface area contributed by atoms with Crippen molar-refractivity contribution < 1.29 is 9.59 Å². The zero-order chi connectivity index (χ0) is 13.0. The number of hydrogen-bond acceptors (Lipinski definition) is 3. The maximum absolute atomic E-state index is 12.2. The van der Waals surface area contributed by atoms with Gasteiger partial charge in [0.15, 0.2) is 0 Å². The Hall–Kier alpha value is -1.30. The zero-order valence-corrected chi connectivity index (χ0v) is 10.7. The van der Waals surface area contributed by atoms with E-state index in [0.29, 0.717) is 12.5 Å². The van der Waals surface area contributed by atoms with Crippen LogP contribution in [0.15, 0.2) is 0 Å². The van der Waals surface area contributed by atoms with Gasteiger partial charge in [-0.1, -0.05) is 0 Å². The lowest BCUT2D eigenvalue weighted by atomic mass is 9.97. The summed E-state index contributed by atoms with van der Waals surface area (Å²) in [6, 6.07) is -0.483. The van der Waals surface area contributed by atoms with Crippen molar-refractivity contribution in [3.8, 4) is 0 Å². The SMILES string of the molecule is NC(=O)NCC1CCCN(C(=O)[C@@H]2CCCN2)C1. The van der Waals surface area contributed by atoms with E-state index in [-0.39, 0.29) is 11.9 Å². The molecule has 0 saturated carbocycles. The molecule has 0 spiro atoms. The van der Waals surface area contributed by atoms with Crippen molar-refractivity contribution in [1.29, 1.82) is 0 Å². The highest BCUT2D eigenvalue weighted by Gasteiger charge is 2.30. The van der Waals surface area contributed by atoms with E-state index >= 15 is 0 Å². The average Bonchev–Trinajstić information content (AvgIpc) is 2.89. The second-order valence-corrected chi connectivity index (χ2v) is 5.19. The van der Waals surface area contributed by atoms with E-state index in [1.807, 2.05) is 4.90 Å². The number of likely N-dealkylation sites (tertiary alicyclic amines) is 1. The molecule has 0 bridgehead atoms. The highest BCUT2D eigenvalue weighted by atomic mass is 16.2. The van der Waals surface area contributed by atoms with Crippen molar-refractivity contribution in [1.82, 2.24) is 15.5 Å². The van der Waals surface area contributed by atoms with Crippen LogP contribution in [0.25, 0.3) is 0 Å². The average molecular weight is 254 g/mol. The molecular formula is C12H22N4O2. The van der Waals surface area contributed by atoms with Gasteiger partial charge >= 0.3 is 6.03 Å². The van der Waals surface area contributed by atoms with Gasteiger partial charge in [-0.2, -0.15) is 0 Å². The minimum Gasteiger partial charge on any atom is -0.352 e. The van der Waals surface area contributed by atoms with E-state index in [2.05, 4.69) is 10.6 Å². The van der Waals surface area contributed by atoms with Gasteiger partial charge in [0.2, 0.25) is 5.91 Å². The summed E-state index contributed by atoms with van der Waals surface area (Å²) in [6.45, 7) is 3.08. The van der Waals surface area contributed by atoms with Crippen molar-refractivity contribution in [2.24, 2.45) is 11.7 Å². The fraction of sp³-hybridized carbons (Fsp3) is 0.833. The van der Waals surface area contributed by atoms with Crippen LogP contribution < -0.4 is 16.4 Å². The van der Waals surface area contributed by atoms with Crippen molar-refractivity contribution in [3.63, 3.8) is 0 Å². The van der Waals surface area contributed by atoms with Gasteiger partial charge in [-0.25, -0.2) is 4.79 Å². The fourth-order valence-corrected chi connectivity index (χ4v) is 2.79. The van der Waals surface area contributed by atoms with Crippen molar-refractivity contribution in [3.05, 3.63) is 0 Å². The number of rotatable bonds is 3. The maximum Gasteiger partial charge on any atom is 0.312 e. The minimum absolute atomic E-state index is 0.00727. The topological polar surface area (TPSA) is 87.5 Å². The van der Waals surface area contributed by atoms with Gasteiger partial charge in [-0.05, 0) is 38.1 Å². The predicted octanol–water partition coefficient (Wildman–Crippen LogP) is -0.355. The smallest absolute Gasteiger partial charge is 0.312 e. The molecule has 0 aromatic rings. The van der Waals surface area contributed by atoms with Crippen LogP contribution in [0, 0.1) is 5.92 Å². The van der Waals surface area contributed by atoms with Crippen LogP contribution in [0.5, 0.6) is 0 Å². The maximum atomic E-state index is 12.2. The number of hydrogen-bond donors (Lipinski definition) is 3. The summed E-state index contributed by atoms with van der Waals surface area (Å²) in [5.74, 6) is 0.549. The molecule has 3 amide bonds. The van der Waals surface area contributed by atoms with Crippen molar-refractivity contribution in [2.45, 2.75) is 31.7 Å². The number of primary amides is 1. The van der Waals surface area contributed by atoms with Crippen molar-refractivity contribution in [2.75, 3.05) is 26.2 Å². The summed E-state index contributed by atoms with van der Waals surface area (Å²) in [5.41, 5.74) is 5.06. The molecule has 102 valence electrons. The molecule has 2 aliphatic rings. The third-order valence-corrected chi connectivity index (χ3v) is 3.75. The Morgan fingerprint density at radius 1 is 1.33 bits per heavy atom. The Morgan fingerprint density at radius 2 is 2.17 bits per heavy atom. The quantitative estimate of drug-likeness (QED) is 0.643. The third kappa shape index (κ3) is 3.35. The Kier molecular flexibility index (Phi) is 4.41. The number of nitrogens with two attached hydrogens (primary N) is 1. The van der Waals surface area contributed by atoms with Gasteiger partial charge in [-0.15, -0.1) is 0 Å². The first-order chi connectivity index (χ1) is 8.66. The molecular weight excluding hydrogens is 232 g/mol. The summed E-state index contributed by atoms with van der Waals surface area (Å²) in [6.07, 6.45) is 4.07. The second kappa shape index (κ2) is 6.04. The number of amides is 3. The molecule has 0 radical (unpaired) electrons. The van der Waals surface area contributed by atoms with E-state index < -0.39 is 6.03 Å². The number of carbonyl (C=O) groups excluding carboxylic acids is 2. The first kappa shape index (κ1) is 13.1. The van der Waals surface area contributed by atoms with Gasteiger partial charge in [0.25, 0.3) is 0 Å². The monoisotopic (exact) mass is 254 g/mol. The lowest BCUT2D eigenvalue weighted by molar-refractivity contribution is -0.134. The van der Waals surface area contributed by atoms with Crippen LogP contribution in [0.3, 0.4) is 0 Å². The summed E-state index contributed by atoms with van der Waals surface area (Å²) in [5, 5.41) is 5.87. The fourth-order valence-electron chi connectivity index (χ4n) is 2.79. The molecule has 1 unspecified atom stereocenters. The first-order valence-corrected chi connectivity index (χ1v) is 6.72. The number of carbonyl (C=O) groups is 2. The van der Waals surface area contributed by atoms with Crippen LogP contribution in [-0.2, 0) is 4.79 Å². The van der Waals surface area contributed by atoms with Crippen molar-refractivity contribution >= 4 is 11.9 Å². The van der Waals surface area contributed by atoms with Gasteiger partial charge in [0, 0.05) is 19.6 Å². The molecule has 2 aliphatic heterocycles. The molecule has 2 rings (SSSR count). The van der Waals surface area contributed by atoms with Gasteiger partial charge in [-0.3, -0.25) is 4.79 Å². The zero-order valence-electron chi connectivity index (χ0n) is 10.7. The molecule has 18 heavy (non-hydrogen) atoms. The molecule has 2 saturated heterocycles. The minimum atomic E-state index is -0.490. The van der Waals surface area contributed by atoms with Crippen LogP contribution in [-0.4, -0.2) is 49.1 Å². The lowest BCUT2D eigenvalue weighted by Crippen LogP contribution is -2.49. The van der Waals surface area contributed by atoms with E-state index in [4.69, 9.17) is 5.73 Å². The second-order valence-electron chi connectivity index (χ2n) is 5.19. The Morgan fingerprint density at radius 3 is 2.83 bits per heavy atom. The number of urea groups is 1. The number of piperidine rings is 1. The predicted molar refractivity (Wildman–Crippen MR) is 67.9 cm³/mol. The van der Waals surface area contributed by atoms with E-state index in [0.717, 1.165) is 45.3 Å². The van der Waals surface area contributed by atoms with Crippen LogP contribution in [0.4, 0.5) is 4.79 Å². The summed E-state index contributed by atoms with van der Waals surface area (Å²) >= 11 is 0. The standard InChI is InChI=1S/C12H22N4O2/c13-12(18)15-7-9-3-2-6-16(8-9)11(17)10-4-1-5-14-10/h9-10,14H,1-8H2,(H3,13,15,18)/t9?,10-/m0/s1. The molecule has 0 aliphatic carbocycles. The Balaban J connectivity index is 1.81. The molecule has 0 aromatic heterocycles.